The van der Waals surface area contributed by atoms with Gasteiger partial charge in [-0.3, -0.25) is 14.6 Å². The fourth-order valence-corrected chi connectivity index (χ4v) is 2.20. The van der Waals surface area contributed by atoms with Gasteiger partial charge >= 0.3 is 5.97 Å². The first-order valence-corrected chi connectivity index (χ1v) is 7.25. The first-order valence-electron chi connectivity index (χ1n) is 7.25. The zero-order chi connectivity index (χ0) is 16.8. The first-order chi connectivity index (χ1) is 11.0. The third-order valence-corrected chi connectivity index (χ3v) is 3.53. The number of nitrogens with one attached hydrogen (secondary N) is 1. The zero-order valence-corrected chi connectivity index (χ0v) is 13.3. The molecule has 6 heteroatoms. The number of esters is 1. The topological polar surface area (TPSA) is 81.2 Å². The lowest BCUT2D eigenvalue weighted by Crippen LogP contribution is -2.36. The van der Waals surface area contributed by atoms with Crippen LogP contribution in [0.4, 0.5) is 0 Å². The summed E-state index contributed by atoms with van der Waals surface area (Å²) in [6.07, 6.45) is 2.94. The number of hydrogen-bond acceptors (Lipinski definition) is 5. The SMILES string of the molecule is COC(=O)[C@H](C)[C@H](NC(=O)c1cnc(C)cn1)c1ccccc1. The Labute approximate surface area is 134 Å². The van der Waals surface area contributed by atoms with Crippen molar-refractivity contribution in [3.8, 4) is 0 Å². The molecule has 1 N–H and O–H groups in total. The van der Waals surface area contributed by atoms with E-state index in [0.29, 0.717) is 0 Å². The number of carbonyl (C=O) groups is 2. The predicted octanol–water partition coefficient (Wildman–Crippen LogP) is 2.07. The minimum Gasteiger partial charge on any atom is -0.469 e. The summed E-state index contributed by atoms with van der Waals surface area (Å²) >= 11 is 0. The second-order valence-electron chi connectivity index (χ2n) is 5.22. The van der Waals surface area contributed by atoms with Crippen molar-refractivity contribution < 1.29 is 14.3 Å². The summed E-state index contributed by atoms with van der Waals surface area (Å²) in [6.45, 7) is 3.51. The van der Waals surface area contributed by atoms with Crippen LogP contribution in [0, 0.1) is 12.8 Å². The summed E-state index contributed by atoms with van der Waals surface area (Å²) < 4.78 is 4.80. The second-order valence-corrected chi connectivity index (χ2v) is 5.22. The van der Waals surface area contributed by atoms with Crippen LogP contribution in [0.15, 0.2) is 42.7 Å². The van der Waals surface area contributed by atoms with Crippen molar-refractivity contribution >= 4 is 11.9 Å². The van der Waals surface area contributed by atoms with Crippen LogP contribution in [0.2, 0.25) is 0 Å². The average Bonchev–Trinajstić information content (AvgIpc) is 2.59. The Bertz CT molecular complexity index is 671. The number of aryl methyl sites for hydroxylation is 1. The van der Waals surface area contributed by atoms with Crippen LogP contribution >= 0.6 is 0 Å². The number of benzene rings is 1. The van der Waals surface area contributed by atoms with Gasteiger partial charge in [-0.15, -0.1) is 0 Å². The van der Waals surface area contributed by atoms with Gasteiger partial charge in [0.2, 0.25) is 0 Å². The molecule has 0 aliphatic heterocycles. The Morgan fingerprint density at radius 2 is 1.83 bits per heavy atom. The normalized spacial score (nSPS) is 13.0. The predicted molar refractivity (Wildman–Crippen MR) is 84.6 cm³/mol. The summed E-state index contributed by atoms with van der Waals surface area (Å²) in [6, 6.07) is 8.76. The fraction of sp³-hybridized carbons (Fsp3) is 0.294. The summed E-state index contributed by atoms with van der Waals surface area (Å²) in [4.78, 5) is 32.4. The number of hydrogen-bond donors (Lipinski definition) is 1. The highest BCUT2D eigenvalue weighted by molar-refractivity contribution is 5.92. The largest absolute Gasteiger partial charge is 0.469 e. The molecule has 0 saturated heterocycles. The molecular weight excluding hydrogens is 294 g/mol. The summed E-state index contributed by atoms with van der Waals surface area (Å²) in [7, 11) is 1.33. The summed E-state index contributed by atoms with van der Waals surface area (Å²) in [5.74, 6) is -1.32. The van der Waals surface area contributed by atoms with Crippen molar-refractivity contribution in [2.24, 2.45) is 5.92 Å². The Morgan fingerprint density at radius 1 is 1.13 bits per heavy atom. The first kappa shape index (κ1) is 16.6. The van der Waals surface area contributed by atoms with E-state index in [4.69, 9.17) is 4.74 Å². The van der Waals surface area contributed by atoms with E-state index in [0.717, 1.165) is 11.3 Å². The molecule has 23 heavy (non-hydrogen) atoms. The van der Waals surface area contributed by atoms with Crippen LogP contribution in [0.1, 0.15) is 34.7 Å². The van der Waals surface area contributed by atoms with Crippen molar-refractivity contribution in [2.75, 3.05) is 7.11 Å². The number of ether oxygens (including phenoxy) is 1. The van der Waals surface area contributed by atoms with Crippen molar-refractivity contribution in [1.29, 1.82) is 0 Å². The van der Waals surface area contributed by atoms with Crippen LogP contribution in [-0.2, 0) is 9.53 Å². The zero-order valence-electron chi connectivity index (χ0n) is 13.3. The summed E-state index contributed by atoms with van der Waals surface area (Å²) in [5.41, 5.74) is 1.75. The highest BCUT2D eigenvalue weighted by Crippen LogP contribution is 2.23. The van der Waals surface area contributed by atoms with E-state index in [-0.39, 0.29) is 11.6 Å². The van der Waals surface area contributed by atoms with Gasteiger partial charge in [0.25, 0.3) is 5.91 Å². The quantitative estimate of drug-likeness (QED) is 0.855. The number of methoxy groups -OCH3 is 1. The molecular formula is C17H19N3O3. The molecule has 0 spiro atoms. The van der Waals surface area contributed by atoms with Gasteiger partial charge in [0.15, 0.2) is 0 Å². The molecule has 2 aromatic rings. The van der Waals surface area contributed by atoms with Gasteiger partial charge in [0, 0.05) is 6.20 Å². The molecule has 2 rings (SSSR count). The van der Waals surface area contributed by atoms with Crippen LogP contribution in [0.3, 0.4) is 0 Å². The smallest absolute Gasteiger partial charge is 0.310 e. The minimum atomic E-state index is -0.537. The van der Waals surface area contributed by atoms with Crippen LogP contribution in [0.25, 0.3) is 0 Å². The lowest BCUT2D eigenvalue weighted by Gasteiger charge is -2.23. The Hall–Kier alpha value is -2.76. The molecule has 2 atom stereocenters. The van der Waals surface area contributed by atoms with Gasteiger partial charge in [-0.25, -0.2) is 4.98 Å². The Morgan fingerprint density at radius 3 is 2.39 bits per heavy atom. The number of carbonyl (C=O) groups excluding carboxylic acids is 2. The highest BCUT2D eigenvalue weighted by Gasteiger charge is 2.28. The molecule has 1 amide bonds. The second kappa shape index (κ2) is 7.49. The van der Waals surface area contributed by atoms with Crippen LogP contribution in [-0.4, -0.2) is 29.0 Å². The lowest BCUT2D eigenvalue weighted by atomic mass is 9.94. The number of nitrogens with zero attached hydrogens (tertiary/aromatic N) is 2. The summed E-state index contributed by atoms with van der Waals surface area (Å²) in [5, 5.41) is 2.84. The third-order valence-electron chi connectivity index (χ3n) is 3.53. The fourth-order valence-electron chi connectivity index (χ4n) is 2.20. The van der Waals surface area contributed by atoms with E-state index in [2.05, 4.69) is 15.3 Å². The molecule has 1 aromatic heterocycles. The van der Waals surface area contributed by atoms with Crippen molar-refractivity contribution in [3.05, 3.63) is 59.7 Å². The van der Waals surface area contributed by atoms with Gasteiger partial charge in [-0.2, -0.15) is 0 Å². The van der Waals surface area contributed by atoms with Gasteiger partial charge in [-0.05, 0) is 19.4 Å². The van der Waals surface area contributed by atoms with Crippen LogP contribution < -0.4 is 5.32 Å². The number of aromatic nitrogens is 2. The highest BCUT2D eigenvalue weighted by atomic mass is 16.5. The molecule has 0 bridgehead atoms. The molecule has 0 aliphatic rings. The minimum absolute atomic E-state index is 0.202. The van der Waals surface area contributed by atoms with Gasteiger partial charge < -0.3 is 10.1 Å². The van der Waals surface area contributed by atoms with Crippen molar-refractivity contribution in [1.82, 2.24) is 15.3 Å². The van der Waals surface area contributed by atoms with Crippen LogP contribution in [0.5, 0.6) is 0 Å². The average molecular weight is 313 g/mol. The molecule has 120 valence electrons. The molecule has 0 radical (unpaired) electrons. The number of rotatable bonds is 5. The standard InChI is InChI=1S/C17H19N3O3/c1-11-9-19-14(10-18-11)16(21)20-15(12(2)17(22)23-3)13-7-5-4-6-8-13/h4-10,12,15H,1-3H3,(H,20,21)/t12-,15+/m1/s1. The van der Waals surface area contributed by atoms with Gasteiger partial charge in [-0.1, -0.05) is 30.3 Å². The van der Waals surface area contributed by atoms with E-state index >= 15 is 0 Å². The molecule has 6 nitrogen and oxygen atoms in total. The maximum Gasteiger partial charge on any atom is 0.310 e. The maximum atomic E-state index is 12.4. The lowest BCUT2D eigenvalue weighted by molar-refractivity contribution is -0.145. The van der Waals surface area contributed by atoms with E-state index in [9.17, 15) is 9.59 Å². The van der Waals surface area contributed by atoms with Crippen molar-refractivity contribution in [2.45, 2.75) is 19.9 Å². The van der Waals surface area contributed by atoms with Gasteiger partial charge in [0.05, 0.1) is 31.0 Å². The molecule has 0 fully saturated rings. The molecule has 1 aromatic carbocycles. The monoisotopic (exact) mass is 313 g/mol. The maximum absolute atomic E-state index is 12.4. The molecule has 0 aliphatic carbocycles. The Balaban J connectivity index is 2.25. The third kappa shape index (κ3) is 4.12. The van der Waals surface area contributed by atoms with E-state index in [1.165, 1.54) is 19.5 Å². The number of amides is 1. The van der Waals surface area contributed by atoms with E-state index in [1.54, 1.807) is 13.8 Å². The molecule has 0 unspecified atom stereocenters. The molecule has 0 saturated carbocycles. The Kier molecular flexibility index (Phi) is 5.41. The van der Waals surface area contributed by atoms with Gasteiger partial charge in [0.1, 0.15) is 5.69 Å². The van der Waals surface area contributed by atoms with Crippen molar-refractivity contribution in [3.63, 3.8) is 0 Å². The van der Waals surface area contributed by atoms with E-state index in [1.807, 2.05) is 30.3 Å². The molecule has 1 heterocycles. The van der Waals surface area contributed by atoms with E-state index < -0.39 is 17.9 Å².